The van der Waals surface area contributed by atoms with Gasteiger partial charge >= 0.3 is 5.91 Å². The summed E-state index contributed by atoms with van der Waals surface area (Å²) in [6.45, 7) is 2.56. The maximum absolute atomic E-state index is 13.1. The molecule has 1 aliphatic rings. The fourth-order valence-electron chi connectivity index (χ4n) is 3.68. The number of thiazole rings is 1. The first-order valence-corrected chi connectivity index (χ1v) is 11.5. The van der Waals surface area contributed by atoms with Crippen LogP contribution in [0.3, 0.4) is 0 Å². The number of hydrogen-bond acceptors (Lipinski definition) is 8. The average molecular weight is 480 g/mol. The number of ketones is 1. The Bertz CT molecular complexity index is 1250. The molecule has 9 nitrogen and oxygen atoms in total. The van der Waals surface area contributed by atoms with Crippen molar-refractivity contribution in [3.05, 3.63) is 86.9 Å². The Balaban J connectivity index is 1.82. The van der Waals surface area contributed by atoms with Gasteiger partial charge in [-0.3, -0.25) is 24.6 Å². The van der Waals surface area contributed by atoms with Crippen LogP contribution in [0.25, 0.3) is 5.76 Å². The number of unbranched alkanes of at least 4 members (excludes halogenated alkanes) is 1. The van der Waals surface area contributed by atoms with E-state index in [0.29, 0.717) is 23.5 Å². The highest BCUT2D eigenvalue weighted by atomic mass is 32.1. The SMILES string of the molecule is CCCCOc1cccc(C(O)=C2C(=O)C(=O)N(c3nccs3)C2c2ccc([N+](=O)[O-])cc2)c1. The zero-order valence-electron chi connectivity index (χ0n) is 18.2. The zero-order valence-corrected chi connectivity index (χ0v) is 19.0. The van der Waals surface area contributed by atoms with Gasteiger partial charge < -0.3 is 9.84 Å². The molecule has 1 aromatic heterocycles. The number of aromatic nitrogens is 1. The highest BCUT2D eigenvalue weighted by Gasteiger charge is 2.48. The van der Waals surface area contributed by atoms with Crippen molar-refractivity contribution in [2.24, 2.45) is 0 Å². The van der Waals surface area contributed by atoms with Gasteiger partial charge in [0.05, 0.1) is 23.1 Å². The van der Waals surface area contributed by atoms with Crippen molar-refractivity contribution in [1.29, 1.82) is 0 Å². The Morgan fingerprint density at radius 2 is 2.00 bits per heavy atom. The predicted molar refractivity (Wildman–Crippen MR) is 127 cm³/mol. The lowest BCUT2D eigenvalue weighted by Gasteiger charge is -2.22. The second-order valence-corrected chi connectivity index (χ2v) is 8.44. The number of aliphatic hydroxyl groups excluding tert-OH is 1. The number of Topliss-reactive ketones (excluding diaryl/α,β-unsaturated/α-hetero) is 1. The topological polar surface area (TPSA) is 123 Å². The minimum atomic E-state index is -1.00. The van der Waals surface area contributed by atoms with Gasteiger partial charge in [0, 0.05) is 29.3 Å². The monoisotopic (exact) mass is 479 g/mol. The molecule has 4 rings (SSSR count). The van der Waals surface area contributed by atoms with Crippen LogP contribution in [0, 0.1) is 10.1 Å². The number of aliphatic hydroxyl groups is 1. The van der Waals surface area contributed by atoms with Gasteiger partial charge in [-0.25, -0.2) is 4.98 Å². The van der Waals surface area contributed by atoms with Crippen molar-refractivity contribution < 1.29 is 24.4 Å². The fourth-order valence-corrected chi connectivity index (χ4v) is 4.35. The first-order valence-electron chi connectivity index (χ1n) is 10.6. The number of hydrogen-bond donors (Lipinski definition) is 1. The van der Waals surface area contributed by atoms with E-state index in [1.54, 1.807) is 29.6 Å². The third kappa shape index (κ3) is 4.40. The first-order chi connectivity index (χ1) is 16.4. The van der Waals surface area contributed by atoms with Crippen LogP contribution in [0.4, 0.5) is 10.8 Å². The molecule has 1 N–H and O–H groups in total. The van der Waals surface area contributed by atoms with E-state index in [1.165, 1.54) is 35.4 Å². The molecule has 0 radical (unpaired) electrons. The number of carbonyl (C=O) groups excluding carboxylic acids is 2. The summed E-state index contributed by atoms with van der Waals surface area (Å²) in [4.78, 5) is 42.1. The number of ether oxygens (including phenoxy) is 1. The van der Waals surface area contributed by atoms with Gasteiger partial charge in [0.25, 0.3) is 11.5 Å². The standard InChI is InChI=1S/C24H21N3O6S/c1-2-3-12-33-18-6-4-5-16(14-18)21(28)19-20(15-7-9-17(10-8-15)27(31)32)26(23(30)22(19)29)24-25-11-13-34-24/h4-11,13-14,20,28H,2-3,12H2,1H3. The number of rotatable bonds is 8. The molecule has 0 bridgehead atoms. The molecule has 10 heteroatoms. The number of benzene rings is 2. The Morgan fingerprint density at radius 1 is 1.24 bits per heavy atom. The van der Waals surface area contributed by atoms with Crippen molar-refractivity contribution in [3.8, 4) is 5.75 Å². The minimum Gasteiger partial charge on any atom is -0.507 e. The van der Waals surface area contributed by atoms with E-state index in [1.807, 2.05) is 6.92 Å². The number of anilines is 1. The Hall–Kier alpha value is -4.05. The molecule has 0 aliphatic carbocycles. The van der Waals surface area contributed by atoms with Gasteiger partial charge in [-0.1, -0.05) is 25.5 Å². The molecule has 2 aromatic carbocycles. The largest absolute Gasteiger partial charge is 0.507 e. The molecule has 0 spiro atoms. The second kappa shape index (κ2) is 9.84. The first kappa shape index (κ1) is 23.1. The van der Waals surface area contributed by atoms with Crippen LogP contribution in [0.2, 0.25) is 0 Å². The van der Waals surface area contributed by atoms with E-state index in [4.69, 9.17) is 4.74 Å². The summed E-state index contributed by atoms with van der Waals surface area (Å²) in [5.41, 5.74) is 0.488. The molecular formula is C24H21N3O6S. The van der Waals surface area contributed by atoms with Gasteiger partial charge in [0.2, 0.25) is 0 Å². The van der Waals surface area contributed by atoms with Gasteiger partial charge in [-0.15, -0.1) is 11.3 Å². The van der Waals surface area contributed by atoms with Gasteiger partial charge in [-0.2, -0.15) is 0 Å². The van der Waals surface area contributed by atoms with Gasteiger partial charge in [0.15, 0.2) is 5.13 Å². The highest BCUT2D eigenvalue weighted by Crippen LogP contribution is 2.43. The molecule has 1 unspecified atom stereocenters. The van der Waals surface area contributed by atoms with Crippen LogP contribution in [-0.4, -0.2) is 33.3 Å². The maximum atomic E-state index is 13.1. The third-order valence-corrected chi connectivity index (χ3v) is 6.13. The van der Waals surface area contributed by atoms with E-state index in [9.17, 15) is 24.8 Å². The highest BCUT2D eigenvalue weighted by molar-refractivity contribution is 7.14. The van der Waals surface area contributed by atoms with Crippen LogP contribution in [0.1, 0.15) is 36.9 Å². The summed E-state index contributed by atoms with van der Waals surface area (Å²) in [5.74, 6) is -1.54. The van der Waals surface area contributed by atoms with Crippen LogP contribution >= 0.6 is 11.3 Å². The number of carbonyl (C=O) groups is 2. The van der Waals surface area contributed by atoms with Crippen molar-refractivity contribution in [3.63, 3.8) is 0 Å². The summed E-state index contributed by atoms with van der Waals surface area (Å²) < 4.78 is 5.71. The Kier molecular flexibility index (Phi) is 6.69. The molecule has 1 aliphatic heterocycles. The minimum absolute atomic E-state index is 0.125. The lowest BCUT2D eigenvalue weighted by Crippen LogP contribution is -2.29. The van der Waals surface area contributed by atoms with Crippen molar-refractivity contribution in [2.45, 2.75) is 25.8 Å². The molecule has 1 atom stereocenters. The molecule has 1 amide bonds. The summed E-state index contributed by atoms with van der Waals surface area (Å²) in [5, 5.41) is 24.2. The third-order valence-electron chi connectivity index (χ3n) is 5.36. The number of nitro benzene ring substituents is 1. The van der Waals surface area contributed by atoms with E-state index in [-0.39, 0.29) is 22.2 Å². The lowest BCUT2D eigenvalue weighted by molar-refractivity contribution is -0.384. The molecule has 174 valence electrons. The summed E-state index contributed by atoms with van der Waals surface area (Å²) in [6, 6.07) is 11.2. The molecule has 34 heavy (non-hydrogen) atoms. The van der Waals surface area contributed by atoms with Crippen LogP contribution in [-0.2, 0) is 9.59 Å². The Morgan fingerprint density at radius 3 is 2.65 bits per heavy atom. The van der Waals surface area contributed by atoms with E-state index < -0.39 is 22.7 Å². The number of nitro groups is 1. The van der Waals surface area contributed by atoms with Crippen molar-refractivity contribution in [1.82, 2.24) is 4.98 Å². The molecule has 3 aromatic rings. The summed E-state index contributed by atoms with van der Waals surface area (Å²) >= 11 is 1.16. The lowest BCUT2D eigenvalue weighted by atomic mass is 9.95. The van der Waals surface area contributed by atoms with E-state index in [2.05, 4.69) is 4.98 Å². The van der Waals surface area contributed by atoms with E-state index >= 15 is 0 Å². The molecule has 2 heterocycles. The molecular weight excluding hydrogens is 458 g/mol. The molecule has 1 fully saturated rings. The van der Waals surface area contributed by atoms with Crippen molar-refractivity contribution >= 4 is 39.6 Å². The van der Waals surface area contributed by atoms with Crippen LogP contribution < -0.4 is 9.64 Å². The van der Waals surface area contributed by atoms with Crippen molar-refractivity contribution in [2.75, 3.05) is 11.5 Å². The molecule has 0 saturated carbocycles. The van der Waals surface area contributed by atoms with Crippen LogP contribution in [0.5, 0.6) is 5.75 Å². The number of amides is 1. The predicted octanol–water partition coefficient (Wildman–Crippen LogP) is 4.86. The number of nitrogens with zero attached hydrogens (tertiary/aromatic N) is 3. The number of non-ortho nitro benzene ring substituents is 1. The Labute approximate surface area is 199 Å². The summed E-state index contributed by atoms with van der Waals surface area (Å²) in [7, 11) is 0. The second-order valence-electron chi connectivity index (χ2n) is 7.56. The quantitative estimate of drug-likeness (QED) is 0.122. The fraction of sp³-hybridized carbons (Fsp3) is 0.208. The van der Waals surface area contributed by atoms with E-state index in [0.717, 1.165) is 24.2 Å². The maximum Gasteiger partial charge on any atom is 0.301 e. The van der Waals surface area contributed by atoms with Crippen LogP contribution in [0.15, 0.2) is 65.7 Å². The average Bonchev–Trinajstić information content (AvgIpc) is 3.46. The summed E-state index contributed by atoms with van der Waals surface area (Å²) in [6.07, 6.45) is 3.34. The molecule has 1 saturated heterocycles. The smallest absolute Gasteiger partial charge is 0.301 e. The zero-order chi connectivity index (χ0) is 24.2. The van der Waals surface area contributed by atoms with Gasteiger partial charge in [-0.05, 0) is 36.2 Å². The van der Waals surface area contributed by atoms with Gasteiger partial charge in [0.1, 0.15) is 11.5 Å². The normalized spacial score (nSPS) is 17.2.